The van der Waals surface area contributed by atoms with E-state index in [2.05, 4.69) is 11.9 Å². The molecule has 18 heavy (non-hydrogen) atoms. The molecule has 1 aromatic rings. The lowest BCUT2D eigenvalue weighted by Gasteiger charge is -2.27. The maximum absolute atomic E-state index is 12.6. The molecule has 1 aliphatic rings. The minimum atomic E-state index is -5.00. The first-order chi connectivity index (χ1) is 8.45. The van der Waals surface area contributed by atoms with Crippen molar-refractivity contribution in [1.29, 1.82) is 0 Å². The zero-order chi connectivity index (χ0) is 13.2. The molecule has 0 amide bonds. The van der Waals surface area contributed by atoms with Crippen LogP contribution < -0.4 is 10.2 Å². The molecule has 1 aromatic heterocycles. The summed E-state index contributed by atoms with van der Waals surface area (Å²) < 4.78 is 43.3. The second-order valence-corrected chi connectivity index (χ2v) is 5.03. The van der Waals surface area contributed by atoms with E-state index in [1.54, 1.807) is 0 Å². The lowest BCUT2D eigenvalue weighted by molar-refractivity contribution is 0.135. The predicted octanol–water partition coefficient (Wildman–Crippen LogP) is 3.09. The summed E-state index contributed by atoms with van der Waals surface area (Å²) in [5.74, 6) is 0.916. The molecule has 0 bridgehead atoms. The van der Waals surface area contributed by atoms with Crippen LogP contribution in [0, 0.1) is 5.92 Å². The van der Waals surface area contributed by atoms with Gasteiger partial charge < -0.3 is 17.7 Å². The average molecular weight is 258 g/mol. The van der Waals surface area contributed by atoms with Crippen molar-refractivity contribution in [1.82, 2.24) is 4.98 Å². The van der Waals surface area contributed by atoms with Gasteiger partial charge in [0.15, 0.2) is 0 Å². The van der Waals surface area contributed by atoms with E-state index in [1.807, 2.05) is 0 Å². The quantitative estimate of drug-likeness (QED) is 0.777. The van der Waals surface area contributed by atoms with Crippen LogP contribution in [0.3, 0.4) is 0 Å². The van der Waals surface area contributed by atoms with E-state index in [9.17, 15) is 12.9 Å². The van der Waals surface area contributed by atoms with Crippen LogP contribution in [0.2, 0.25) is 0 Å². The van der Waals surface area contributed by atoms with Gasteiger partial charge >= 0.3 is 6.98 Å². The molecule has 2 rings (SSSR count). The Morgan fingerprint density at radius 3 is 2.44 bits per heavy atom. The van der Waals surface area contributed by atoms with Crippen molar-refractivity contribution in [2.24, 2.45) is 5.92 Å². The highest BCUT2D eigenvalue weighted by Gasteiger charge is 2.27. The van der Waals surface area contributed by atoms with E-state index in [0.717, 1.165) is 37.9 Å². The summed E-state index contributed by atoms with van der Waals surface area (Å²) in [6, 6.07) is 1.05. The molecule has 2 nitrogen and oxygen atoms in total. The third-order valence-corrected chi connectivity index (χ3v) is 3.38. The Morgan fingerprint density at radius 2 is 1.83 bits per heavy atom. The van der Waals surface area contributed by atoms with Gasteiger partial charge in [0.2, 0.25) is 0 Å². The summed E-state index contributed by atoms with van der Waals surface area (Å²) in [4.78, 5) is 3.60. The van der Waals surface area contributed by atoms with Gasteiger partial charge in [-0.2, -0.15) is 0 Å². The maximum atomic E-state index is 12.6. The number of aromatic nitrogens is 1. The number of halogens is 3. The summed E-state index contributed by atoms with van der Waals surface area (Å²) >= 11 is 0. The van der Waals surface area contributed by atoms with Crippen LogP contribution >= 0.6 is 0 Å². The smallest absolute Gasteiger partial charge is 0.489 e. The van der Waals surface area contributed by atoms with Crippen LogP contribution in [-0.4, -0.2) is 18.1 Å². The van der Waals surface area contributed by atoms with Crippen molar-refractivity contribution in [2.45, 2.75) is 38.7 Å². The molecular weight excluding hydrogens is 242 g/mol. The fourth-order valence-corrected chi connectivity index (χ4v) is 2.22. The Labute approximate surface area is 105 Å². The Balaban J connectivity index is 2.01. The summed E-state index contributed by atoms with van der Waals surface area (Å²) in [5, 5.41) is 0. The van der Waals surface area contributed by atoms with Crippen LogP contribution in [0.1, 0.15) is 32.6 Å². The van der Waals surface area contributed by atoms with Gasteiger partial charge in [0.1, 0.15) is 5.75 Å². The van der Waals surface area contributed by atoms with E-state index >= 15 is 0 Å². The van der Waals surface area contributed by atoms with Crippen LogP contribution in [0.4, 0.5) is 12.9 Å². The Hall–Kier alpha value is -1.20. The fraction of sp³-hybridized carbons (Fsp3) is 0.583. The highest BCUT2D eigenvalue weighted by molar-refractivity contribution is 6.73. The van der Waals surface area contributed by atoms with Gasteiger partial charge in [-0.15, -0.1) is 0 Å². The molecule has 0 radical (unpaired) electrons. The third-order valence-electron chi connectivity index (χ3n) is 3.38. The van der Waals surface area contributed by atoms with Gasteiger partial charge in [-0.05, 0) is 37.7 Å². The van der Waals surface area contributed by atoms with E-state index in [-0.39, 0.29) is 11.9 Å². The molecule has 0 atom stereocenters. The van der Waals surface area contributed by atoms with Gasteiger partial charge in [0.05, 0.1) is 12.3 Å². The lowest BCUT2D eigenvalue weighted by atomic mass is 9.81. The van der Waals surface area contributed by atoms with Crippen LogP contribution in [-0.2, 0) is 0 Å². The number of nitrogens with zero attached hydrogens (tertiary/aromatic N) is 1. The van der Waals surface area contributed by atoms with E-state index < -0.39 is 12.4 Å². The summed E-state index contributed by atoms with van der Waals surface area (Å²) in [7, 11) is 0. The van der Waals surface area contributed by atoms with Crippen LogP contribution in [0.25, 0.3) is 0 Å². The van der Waals surface area contributed by atoms with Gasteiger partial charge in [0.25, 0.3) is 0 Å². The molecule has 0 unspecified atom stereocenters. The molecule has 1 fully saturated rings. The highest BCUT2D eigenvalue weighted by Crippen LogP contribution is 2.26. The molecule has 6 heteroatoms. The van der Waals surface area contributed by atoms with Crippen molar-refractivity contribution < 1.29 is 17.7 Å². The standard InChI is InChI=1S/C12H16BF3NO/c1-9-2-4-11(5-3-9)18-12-6-10(7-17-8-12)13(14,15)16/h6-9,11H,2-5H2,1H3/q-1. The predicted molar refractivity (Wildman–Crippen MR) is 65.0 cm³/mol. The third kappa shape index (κ3) is 3.40. The Kier molecular flexibility index (Phi) is 3.83. The molecule has 0 spiro atoms. The average Bonchev–Trinajstić information content (AvgIpc) is 2.31. The first-order valence-electron chi connectivity index (χ1n) is 6.26. The number of pyridine rings is 1. The molecule has 100 valence electrons. The fourth-order valence-electron chi connectivity index (χ4n) is 2.22. The van der Waals surface area contributed by atoms with Crippen molar-refractivity contribution in [3.63, 3.8) is 0 Å². The SMILES string of the molecule is CC1CCC(Oc2cncc([B-](F)(F)F)c2)CC1. The number of rotatable bonds is 3. The summed E-state index contributed by atoms with van der Waals surface area (Å²) in [5.41, 5.74) is -0.698. The van der Waals surface area contributed by atoms with Crippen LogP contribution in [0.5, 0.6) is 5.75 Å². The first-order valence-corrected chi connectivity index (χ1v) is 6.26. The van der Waals surface area contributed by atoms with Gasteiger partial charge in [-0.3, -0.25) is 4.98 Å². The number of hydrogen-bond donors (Lipinski definition) is 0. The molecule has 0 N–H and O–H groups in total. The maximum Gasteiger partial charge on any atom is 0.511 e. The van der Waals surface area contributed by atoms with Crippen molar-refractivity contribution in [3.05, 3.63) is 18.5 Å². The van der Waals surface area contributed by atoms with E-state index in [0.29, 0.717) is 5.92 Å². The minimum Gasteiger partial charge on any atom is -0.489 e. The molecule has 0 saturated heterocycles. The normalized spacial score (nSPS) is 24.9. The monoisotopic (exact) mass is 258 g/mol. The topological polar surface area (TPSA) is 22.1 Å². The summed E-state index contributed by atoms with van der Waals surface area (Å²) in [6.07, 6.45) is 6.17. The second-order valence-electron chi connectivity index (χ2n) is 5.03. The van der Waals surface area contributed by atoms with E-state index in [4.69, 9.17) is 4.74 Å². The van der Waals surface area contributed by atoms with Gasteiger partial charge in [0, 0.05) is 6.20 Å². The Morgan fingerprint density at radius 1 is 1.17 bits per heavy atom. The molecule has 1 heterocycles. The van der Waals surface area contributed by atoms with Gasteiger partial charge in [-0.25, -0.2) is 0 Å². The van der Waals surface area contributed by atoms with Crippen LogP contribution in [0.15, 0.2) is 18.5 Å². The van der Waals surface area contributed by atoms with Gasteiger partial charge in [-0.1, -0.05) is 12.4 Å². The summed E-state index contributed by atoms with van der Waals surface area (Å²) in [6.45, 7) is -2.82. The lowest BCUT2D eigenvalue weighted by Crippen LogP contribution is -2.34. The molecular formula is C12H16BF3NO-. The second kappa shape index (κ2) is 5.20. The number of hydrogen-bond acceptors (Lipinski definition) is 2. The van der Waals surface area contributed by atoms with Crippen molar-refractivity contribution in [2.75, 3.05) is 0 Å². The van der Waals surface area contributed by atoms with Crippen molar-refractivity contribution in [3.8, 4) is 5.75 Å². The van der Waals surface area contributed by atoms with Crippen molar-refractivity contribution >= 4 is 12.4 Å². The number of ether oxygens (including phenoxy) is 1. The zero-order valence-corrected chi connectivity index (χ0v) is 10.3. The minimum absolute atomic E-state index is 0.0268. The highest BCUT2D eigenvalue weighted by atomic mass is 19.4. The largest absolute Gasteiger partial charge is 0.511 e. The first kappa shape index (κ1) is 13.2. The molecule has 0 aromatic carbocycles. The molecule has 0 aliphatic heterocycles. The molecule has 1 aliphatic carbocycles. The zero-order valence-electron chi connectivity index (χ0n) is 10.3. The Bertz CT molecular complexity index is 403. The van der Waals surface area contributed by atoms with E-state index in [1.165, 1.54) is 6.20 Å². The molecule has 1 saturated carbocycles.